The van der Waals surface area contributed by atoms with Crippen molar-refractivity contribution in [2.45, 2.75) is 64.1 Å². The predicted molar refractivity (Wildman–Crippen MR) is 109 cm³/mol. The van der Waals surface area contributed by atoms with Gasteiger partial charge in [0.1, 0.15) is 12.1 Å². The zero-order valence-corrected chi connectivity index (χ0v) is 18.7. The molecular formula is C19H31N5O5S. The SMILES string of the molecule is CNC(=O)C1CC(O)CN1C(=O)C(n1cc(C2CCCS(=O)(=O)C2)nn1)C(C)(C)C. The zero-order chi connectivity index (χ0) is 22.3. The van der Waals surface area contributed by atoms with Crippen molar-refractivity contribution in [1.29, 1.82) is 0 Å². The van der Waals surface area contributed by atoms with Crippen LogP contribution >= 0.6 is 0 Å². The lowest BCUT2D eigenvalue weighted by molar-refractivity contribution is -0.144. The van der Waals surface area contributed by atoms with Crippen LogP contribution in [0.4, 0.5) is 0 Å². The van der Waals surface area contributed by atoms with Crippen molar-refractivity contribution in [3.05, 3.63) is 11.9 Å². The van der Waals surface area contributed by atoms with E-state index in [9.17, 15) is 23.1 Å². The molecule has 0 aliphatic carbocycles. The van der Waals surface area contributed by atoms with Crippen molar-refractivity contribution < 1.29 is 23.1 Å². The van der Waals surface area contributed by atoms with Gasteiger partial charge in [0.05, 0.1) is 23.3 Å². The number of nitrogens with one attached hydrogen (secondary N) is 1. The van der Waals surface area contributed by atoms with E-state index in [2.05, 4.69) is 15.6 Å². The molecule has 1 aromatic heterocycles. The Morgan fingerprint density at radius 2 is 2.03 bits per heavy atom. The average molecular weight is 442 g/mol. The smallest absolute Gasteiger partial charge is 0.248 e. The van der Waals surface area contributed by atoms with E-state index in [0.29, 0.717) is 18.5 Å². The number of aliphatic hydroxyl groups excluding tert-OH is 1. The van der Waals surface area contributed by atoms with Gasteiger partial charge in [-0.05, 0) is 18.3 Å². The molecule has 11 heteroatoms. The minimum absolute atomic E-state index is 0.0386. The Morgan fingerprint density at radius 3 is 2.63 bits per heavy atom. The first-order chi connectivity index (χ1) is 13.9. The Labute approximate surface area is 176 Å². The summed E-state index contributed by atoms with van der Waals surface area (Å²) in [4.78, 5) is 27.2. The van der Waals surface area contributed by atoms with Gasteiger partial charge in [-0.15, -0.1) is 5.10 Å². The van der Waals surface area contributed by atoms with Crippen molar-refractivity contribution in [1.82, 2.24) is 25.2 Å². The van der Waals surface area contributed by atoms with Gasteiger partial charge >= 0.3 is 0 Å². The number of carbonyl (C=O) groups is 2. The maximum Gasteiger partial charge on any atom is 0.248 e. The second-order valence-electron chi connectivity index (χ2n) is 9.36. The van der Waals surface area contributed by atoms with E-state index in [1.165, 1.54) is 16.6 Å². The van der Waals surface area contributed by atoms with Gasteiger partial charge in [0.15, 0.2) is 9.84 Å². The Kier molecular flexibility index (Phi) is 6.24. The van der Waals surface area contributed by atoms with E-state index < -0.39 is 33.4 Å². The van der Waals surface area contributed by atoms with Crippen molar-refractivity contribution in [3.8, 4) is 0 Å². The predicted octanol–water partition coefficient (Wildman–Crippen LogP) is -0.135. The molecule has 10 nitrogen and oxygen atoms in total. The highest BCUT2D eigenvalue weighted by Crippen LogP contribution is 2.35. The lowest BCUT2D eigenvalue weighted by Gasteiger charge is -2.34. The molecule has 2 fully saturated rings. The lowest BCUT2D eigenvalue weighted by atomic mass is 9.85. The molecule has 0 bridgehead atoms. The summed E-state index contributed by atoms with van der Waals surface area (Å²) >= 11 is 0. The molecule has 168 valence electrons. The van der Waals surface area contributed by atoms with Crippen LogP contribution in [0.15, 0.2) is 6.20 Å². The van der Waals surface area contributed by atoms with Crippen LogP contribution in [-0.2, 0) is 19.4 Å². The number of hydrogen-bond donors (Lipinski definition) is 2. The number of rotatable bonds is 4. The third-order valence-electron chi connectivity index (χ3n) is 5.84. The number of aromatic nitrogens is 3. The van der Waals surface area contributed by atoms with Crippen LogP contribution in [0.25, 0.3) is 0 Å². The number of hydrogen-bond acceptors (Lipinski definition) is 7. The third-order valence-corrected chi connectivity index (χ3v) is 7.66. The van der Waals surface area contributed by atoms with Gasteiger partial charge in [0.2, 0.25) is 11.8 Å². The first-order valence-corrected chi connectivity index (χ1v) is 12.1. The summed E-state index contributed by atoms with van der Waals surface area (Å²) in [6, 6.07) is -1.50. The first kappa shape index (κ1) is 22.7. The molecule has 2 aliphatic heterocycles. The number of amides is 2. The fraction of sp³-hybridized carbons (Fsp3) is 0.789. The van der Waals surface area contributed by atoms with Gasteiger partial charge < -0.3 is 15.3 Å². The molecule has 4 atom stereocenters. The summed E-state index contributed by atoms with van der Waals surface area (Å²) in [6.45, 7) is 5.75. The molecular weight excluding hydrogens is 410 g/mol. The number of nitrogens with zero attached hydrogens (tertiary/aromatic N) is 4. The number of likely N-dealkylation sites (tertiary alicyclic amines) is 1. The largest absolute Gasteiger partial charge is 0.391 e. The molecule has 30 heavy (non-hydrogen) atoms. The molecule has 3 heterocycles. The molecule has 4 unspecified atom stereocenters. The van der Waals surface area contributed by atoms with Crippen molar-refractivity contribution in [2.75, 3.05) is 25.1 Å². The maximum absolute atomic E-state index is 13.5. The Morgan fingerprint density at radius 1 is 1.33 bits per heavy atom. The summed E-state index contributed by atoms with van der Waals surface area (Å²) < 4.78 is 25.5. The van der Waals surface area contributed by atoms with E-state index in [-0.39, 0.29) is 42.2 Å². The van der Waals surface area contributed by atoms with Crippen LogP contribution in [-0.4, -0.2) is 82.5 Å². The highest BCUT2D eigenvalue weighted by atomic mass is 32.2. The quantitative estimate of drug-likeness (QED) is 0.664. The van der Waals surface area contributed by atoms with Crippen LogP contribution in [0.1, 0.15) is 57.7 Å². The monoisotopic (exact) mass is 441 g/mol. The minimum Gasteiger partial charge on any atom is -0.391 e. The molecule has 0 aromatic carbocycles. The van der Waals surface area contributed by atoms with E-state index in [1.807, 2.05) is 20.8 Å². The summed E-state index contributed by atoms with van der Waals surface area (Å²) in [5, 5.41) is 21.0. The van der Waals surface area contributed by atoms with Crippen molar-refractivity contribution in [3.63, 3.8) is 0 Å². The van der Waals surface area contributed by atoms with E-state index >= 15 is 0 Å². The standard InChI is InChI=1S/C19H31N5O5S/c1-19(2,3)16(18(27)23-9-13(25)8-15(23)17(26)20-4)24-10-14(21-22-24)12-6-5-7-30(28,29)11-12/h10,12-13,15-16,25H,5-9,11H2,1-4H3,(H,20,26). The molecule has 2 amide bonds. The molecule has 2 N–H and O–H groups in total. The lowest BCUT2D eigenvalue weighted by Crippen LogP contribution is -2.49. The number of likely N-dealkylation sites (N-methyl/N-ethyl adjacent to an activating group) is 1. The number of β-amino-alcohol motifs (C(OH)–C–C–N with tert-alkyl or cyclic N) is 1. The average Bonchev–Trinajstić information content (AvgIpc) is 3.26. The fourth-order valence-corrected chi connectivity index (χ4v) is 6.09. The van der Waals surface area contributed by atoms with Crippen LogP contribution in [0.5, 0.6) is 0 Å². The van der Waals surface area contributed by atoms with Crippen LogP contribution in [0, 0.1) is 5.41 Å². The van der Waals surface area contributed by atoms with Gasteiger partial charge in [-0.25, -0.2) is 13.1 Å². The number of carbonyl (C=O) groups excluding carboxylic acids is 2. The normalized spacial score (nSPS) is 27.6. The van der Waals surface area contributed by atoms with Gasteiger partial charge in [-0.2, -0.15) is 0 Å². The van der Waals surface area contributed by atoms with Gasteiger partial charge in [-0.1, -0.05) is 26.0 Å². The molecule has 0 radical (unpaired) electrons. The number of aliphatic hydroxyl groups is 1. The molecule has 1 aromatic rings. The molecule has 3 rings (SSSR count). The second kappa shape index (κ2) is 8.26. The minimum atomic E-state index is -3.10. The highest BCUT2D eigenvalue weighted by Gasteiger charge is 2.45. The fourth-order valence-electron chi connectivity index (χ4n) is 4.37. The Bertz CT molecular complexity index is 907. The number of sulfone groups is 1. The van der Waals surface area contributed by atoms with Crippen LogP contribution in [0.3, 0.4) is 0 Å². The third kappa shape index (κ3) is 4.66. The van der Waals surface area contributed by atoms with Gasteiger partial charge in [-0.3, -0.25) is 9.59 Å². The van der Waals surface area contributed by atoms with Gasteiger partial charge in [0.25, 0.3) is 0 Å². The topological polar surface area (TPSA) is 134 Å². The van der Waals surface area contributed by atoms with Gasteiger partial charge in [0, 0.05) is 32.1 Å². The van der Waals surface area contributed by atoms with Crippen LogP contribution < -0.4 is 5.32 Å². The van der Waals surface area contributed by atoms with Crippen LogP contribution in [0.2, 0.25) is 0 Å². The highest BCUT2D eigenvalue weighted by molar-refractivity contribution is 7.91. The second-order valence-corrected chi connectivity index (χ2v) is 11.6. The van der Waals surface area contributed by atoms with E-state index in [4.69, 9.17) is 0 Å². The Balaban J connectivity index is 1.89. The zero-order valence-electron chi connectivity index (χ0n) is 17.9. The van der Waals surface area contributed by atoms with Crippen molar-refractivity contribution in [2.24, 2.45) is 5.41 Å². The molecule has 2 saturated heterocycles. The first-order valence-electron chi connectivity index (χ1n) is 10.2. The molecule has 2 aliphatic rings. The van der Waals surface area contributed by atoms with E-state index in [1.54, 1.807) is 6.20 Å². The summed E-state index contributed by atoms with van der Waals surface area (Å²) in [6.07, 6.45) is 2.37. The summed E-state index contributed by atoms with van der Waals surface area (Å²) in [7, 11) is -1.60. The maximum atomic E-state index is 13.5. The summed E-state index contributed by atoms with van der Waals surface area (Å²) in [5.41, 5.74) is 0.00576. The van der Waals surface area contributed by atoms with Crippen molar-refractivity contribution >= 4 is 21.7 Å². The summed E-state index contributed by atoms with van der Waals surface area (Å²) in [5.74, 6) is -0.643. The molecule has 0 saturated carbocycles. The van der Waals surface area contributed by atoms with E-state index in [0.717, 1.165) is 0 Å². The molecule has 0 spiro atoms. The Hall–Kier alpha value is -2.01.